The first-order valence-electron chi connectivity index (χ1n) is 10.1. The molecule has 1 amide bonds. The topological polar surface area (TPSA) is 82.5 Å². The second kappa shape index (κ2) is 10.8. The predicted molar refractivity (Wildman–Crippen MR) is 111 cm³/mol. The molecule has 1 N–H and O–H groups in total. The van der Waals surface area contributed by atoms with E-state index in [1.165, 1.54) is 12.1 Å². The first-order valence-corrected chi connectivity index (χ1v) is 10.1. The van der Waals surface area contributed by atoms with E-state index in [2.05, 4.69) is 10.4 Å². The van der Waals surface area contributed by atoms with Crippen LogP contribution in [0.25, 0.3) is 0 Å². The number of rotatable bonds is 9. The van der Waals surface area contributed by atoms with Crippen LogP contribution in [0.5, 0.6) is 0 Å². The molecule has 0 spiro atoms. The molecule has 0 fully saturated rings. The summed E-state index contributed by atoms with van der Waals surface area (Å²) in [6, 6.07) is 6.15. The first-order chi connectivity index (χ1) is 14.2. The summed E-state index contributed by atoms with van der Waals surface area (Å²) in [5.74, 6) is -0.778. The lowest BCUT2D eigenvalue weighted by Gasteiger charge is -2.19. The number of aromatic nitrogens is 2. The lowest BCUT2D eigenvalue weighted by atomic mass is 10.1. The van der Waals surface area contributed by atoms with Crippen molar-refractivity contribution in [2.45, 2.75) is 59.1 Å². The summed E-state index contributed by atoms with van der Waals surface area (Å²) in [7, 11) is 0. The molecule has 164 valence electrons. The SMILES string of the molecule is CCOC(=O)c1nn(CCCCNC(=O)OC(C)(C)C)cc1Cc1ccc(F)cc1. The van der Waals surface area contributed by atoms with Gasteiger partial charge in [0.25, 0.3) is 0 Å². The summed E-state index contributed by atoms with van der Waals surface area (Å²) in [6.45, 7) is 8.53. The quantitative estimate of drug-likeness (QED) is 0.489. The van der Waals surface area contributed by atoms with Crippen LogP contribution < -0.4 is 5.32 Å². The molecule has 0 atom stereocenters. The Morgan fingerprint density at radius 1 is 1.17 bits per heavy atom. The van der Waals surface area contributed by atoms with Crippen LogP contribution in [-0.4, -0.2) is 40.6 Å². The maximum absolute atomic E-state index is 13.1. The van der Waals surface area contributed by atoms with Crippen molar-refractivity contribution >= 4 is 12.1 Å². The van der Waals surface area contributed by atoms with Gasteiger partial charge in [-0.25, -0.2) is 14.0 Å². The Morgan fingerprint density at radius 3 is 2.50 bits per heavy atom. The summed E-state index contributed by atoms with van der Waals surface area (Å²) in [5.41, 5.74) is 1.35. The van der Waals surface area contributed by atoms with Crippen molar-refractivity contribution in [3.8, 4) is 0 Å². The van der Waals surface area contributed by atoms with Gasteiger partial charge in [-0.2, -0.15) is 5.10 Å². The van der Waals surface area contributed by atoms with Crippen molar-refractivity contribution in [3.63, 3.8) is 0 Å². The molecule has 7 nitrogen and oxygen atoms in total. The highest BCUT2D eigenvalue weighted by atomic mass is 19.1. The number of amides is 1. The van der Waals surface area contributed by atoms with E-state index in [1.54, 1.807) is 23.7 Å². The van der Waals surface area contributed by atoms with Gasteiger partial charge in [-0.1, -0.05) is 12.1 Å². The van der Waals surface area contributed by atoms with Gasteiger partial charge >= 0.3 is 12.1 Å². The molecule has 1 aromatic heterocycles. The highest BCUT2D eigenvalue weighted by Gasteiger charge is 2.18. The number of nitrogens with one attached hydrogen (secondary N) is 1. The van der Waals surface area contributed by atoms with Crippen molar-refractivity contribution in [3.05, 3.63) is 53.1 Å². The normalized spacial score (nSPS) is 11.2. The van der Waals surface area contributed by atoms with E-state index in [4.69, 9.17) is 9.47 Å². The highest BCUT2D eigenvalue weighted by Crippen LogP contribution is 2.16. The molecular weight excluding hydrogens is 389 g/mol. The number of hydrogen-bond acceptors (Lipinski definition) is 5. The van der Waals surface area contributed by atoms with Gasteiger partial charge in [0.2, 0.25) is 0 Å². The number of halogens is 1. The summed E-state index contributed by atoms with van der Waals surface area (Å²) in [4.78, 5) is 23.9. The Balaban J connectivity index is 1.93. The monoisotopic (exact) mass is 419 g/mol. The lowest BCUT2D eigenvalue weighted by Crippen LogP contribution is -2.33. The van der Waals surface area contributed by atoms with Gasteiger partial charge in [0.1, 0.15) is 11.4 Å². The number of benzene rings is 1. The summed E-state index contributed by atoms with van der Waals surface area (Å²) < 4.78 is 25.2. The van der Waals surface area contributed by atoms with Gasteiger partial charge in [0.15, 0.2) is 5.69 Å². The van der Waals surface area contributed by atoms with Crippen LogP contribution in [0.4, 0.5) is 9.18 Å². The molecule has 8 heteroatoms. The van der Waals surface area contributed by atoms with Gasteiger partial charge in [-0.05, 0) is 58.2 Å². The first kappa shape index (κ1) is 23.4. The molecule has 30 heavy (non-hydrogen) atoms. The minimum atomic E-state index is -0.524. The predicted octanol–water partition coefficient (Wildman–Crippen LogP) is 4.09. The third kappa shape index (κ3) is 7.85. The zero-order chi connectivity index (χ0) is 22.1. The van der Waals surface area contributed by atoms with E-state index >= 15 is 0 Å². The van der Waals surface area contributed by atoms with E-state index in [-0.39, 0.29) is 18.1 Å². The average molecular weight is 419 g/mol. The van der Waals surface area contributed by atoms with Crippen LogP contribution in [-0.2, 0) is 22.4 Å². The smallest absolute Gasteiger partial charge is 0.407 e. The van der Waals surface area contributed by atoms with Crippen LogP contribution in [0.1, 0.15) is 62.2 Å². The molecule has 0 aliphatic rings. The van der Waals surface area contributed by atoms with Crippen LogP contribution in [0.3, 0.4) is 0 Å². The number of carbonyl (C=O) groups is 2. The van der Waals surface area contributed by atoms with E-state index in [0.717, 1.165) is 24.0 Å². The zero-order valence-electron chi connectivity index (χ0n) is 18.0. The number of carbonyl (C=O) groups excluding carboxylic acids is 2. The Morgan fingerprint density at radius 2 is 1.87 bits per heavy atom. The third-order valence-electron chi connectivity index (χ3n) is 4.10. The largest absolute Gasteiger partial charge is 0.461 e. The lowest BCUT2D eigenvalue weighted by molar-refractivity contribution is 0.0509. The van der Waals surface area contributed by atoms with Crippen molar-refractivity contribution in [1.29, 1.82) is 0 Å². The summed E-state index contributed by atoms with van der Waals surface area (Å²) >= 11 is 0. The van der Waals surface area contributed by atoms with Crippen LogP contribution >= 0.6 is 0 Å². The van der Waals surface area contributed by atoms with Crippen molar-refractivity contribution in [1.82, 2.24) is 15.1 Å². The Labute approximate surface area is 176 Å². The molecule has 0 aliphatic carbocycles. The molecule has 0 saturated carbocycles. The molecule has 0 aliphatic heterocycles. The van der Waals surface area contributed by atoms with Gasteiger partial charge in [0, 0.05) is 31.3 Å². The van der Waals surface area contributed by atoms with Gasteiger partial charge < -0.3 is 14.8 Å². The molecular formula is C22H30FN3O4. The number of aryl methyl sites for hydroxylation is 1. The van der Waals surface area contributed by atoms with Gasteiger partial charge in [0.05, 0.1) is 6.61 Å². The second-order valence-electron chi connectivity index (χ2n) is 7.93. The fourth-order valence-electron chi connectivity index (χ4n) is 2.80. The second-order valence-corrected chi connectivity index (χ2v) is 7.93. The van der Waals surface area contributed by atoms with Crippen LogP contribution in [0.15, 0.2) is 30.5 Å². The molecule has 0 bridgehead atoms. The molecule has 1 heterocycles. The Kier molecular flexibility index (Phi) is 8.38. The molecule has 1 aromatic carbocycles. The molecule has 2 aromatic rings. The standard InChI is InChI=1S/C22H30FN3O4/c1-5-29-20(27)19-17(14-16-8-10-18(23)11-9-16)15-26(25-19)13-7-6-12-24-21(28)30-22(2,3)4/h8-11,15H,5-7,12-14H2,1-4H3,(H,24,28). The Bertz CT molecular complexity index is 841. The van der Waals surface area contributed by atoms with E-state index < -0.39 is 17.7 Å². The summed E-state index contributed by atoms with van der Waals surface area (Å²) in [5, 5.41) is 7.10. The number of nitrogens with zero attached hydrogens (tertiary/aromatic N) is 2. The average Bonchev–Trinajstić information content (AvgIpc) is 3.05. The maximum Gasteiger partial charge on any atom is 0.407 e. The molecule has 0 unspecified atom stereocenters. The molecule has 0 saturated heterocycles. The highest BCUT2D eigenvalue weighted by molar-refractivity contribution is 5.88. The van der Waals surface area contributed by atoms with Crippen LogP contribution in [0, 0.1) is 5.82 Å². The van der Waals surface area contributed by atoms with E-state index in [0.29, 0.717) is 19.5 Å². The maximum atomic E-state index is 13.1. The fraction of sp³-hybridized carbons (Fsp3) is 0.500. The number of alkyl carbamates (subject to hydrolysis) is 1. The number of esters is 1. The number of ether oxygens (including phenoxy) is 2. The molecule has 0 radical (unpaired) electrons. The zero-order valence-corrected chi connectivity index (χ0v) is 18.0. The fourth-order valence-corrected chi connectivity index (χ4v) is 2.80. The summed E-state index contributed by atoms with van der Waals surface area (Å²) in [6.07, 6.45) is 3.33. The van der Waals surface area contributed by atoms with Gasteiger partial charge in [-0.15, -0.1) is 0 Å². The van der Waals surface area contributed by atoms with Crippen molar-refractivity contribution in [2.75, 3.05) is 13.2 Å². The molecule has 2 rings (SSSR count). The minimum absolute atomic E-state index is 0.262. The van der Waals surface area contributed by atoms with Crippen LogP contribution in [0.2, 0.25) is 0 Å². The number of hydrogen-bond donors (Lipinski definition) is 1. The van der Waals surface area contributed by atoms with E-state index in [9.17, 15) is 14.0 Å². The van der Waals surface area contributed by atoms with Gasteiger partial charge in [-0.3, -0.25) is 4.68 Å². The van der Waals surface area contributed by atoms with Crippen molar-refractivity contribution in [2.24, 2.45) is 0 Å². The minimum Gasteiger partial charge on any atom is -0.461 e. The van der Waals surface area contributed by atoms with E-state index in [1.807, 2.05) is 27.0 Å². The number of unbranched alkanes of at least 4 members (excludes halogenated alkanes) is 1. The third-order valence-corrected chi connectivity index (χ3v) is 4.10. The van der Waals surface area contributed by atoms with Crippen molar-refractivity contribution < 1.29 is 23.5 Å². The Hall–Kier alpha value is -2.90.